The maximum atomic E-state index is 14.9. The number of halogens is 4. The molecule has 164 valence electrons. The molecule has 0 aliphatic heterocycles. The summed E-state index contributed by atoms with van der Waals surface area (Å²) in [7, 11) is 0. The quantitative estimate of drug-likeness (QED) is 0.544. The third-order valence-corrected chi connectivity index (χ3v) is 5.13. The van der Waals surface area contributed by atoms with Crippen molar-refractivity contribution in [2.24, 2.45) is 5.92 Å². The zero-order chi connectivity index (χ0) is 23.2. The second-order valence-electron chi connectivity index (χ2n) is 7.70. The fraction of sp³-hybridized carbons (Fsp3) is 0.273. The van der Waals surface area contributed by atoms with Gasteiger partial charge in [0.15, 0.2) is 29.0 Å². The van der Waals surface area contributed by atoms with Gasteiger partial charge in [0.1, 0.15) is 0 Å². The summed E-state index contributed by atoms with van der Waals surface area (Å²) in [5, 5.41) is 19.1. The third kappa shape index (κ3) is 3.75. The van der Waals surface area contributed by atoms with Crippen molar-refractivity contribution in [3.05, 3.63) is 64.4 Å². The first-order chi connectivity index (χ1) is 14.5. The molecule has 9 heteroatoms. The Hall–Kier alpha value is -3.36. The normalized spacial score (nSPS) is 12.5. The van der Waals surface area contributed by atoms with Crippen molar-refractivity contribution in [3.63, 3.8) is 0 Å². The van der Waals surface area contributed by atoms with Crippen molar-refractivity contribution in [2.45, 2.75) is 33.1 Å². The molecule has 0 aliphatic rings. The highest BCUT2D eigenvalue weighted by molar-refractivity contribution is 6.05. The number of carboxylic acids is 1. The third-order valence-electron chi connectivity index (χ3n) is 5.13. The molecule has 1 aromatic heterocycles. The van der Waals surface area contributed by atoms with Gasteiger partial charge in [-0.05, 0) is 43.0 Å². The number of hydrogen-bond acceptors (Lipinski definition) is 3. The van der Waals surface area contributed by atoms with E-state index in [1.54, 1.807) is 13.8 Å². The molecule has 3 rings (SSSR count). The Kier molecular flexibility index (Phi) is 5.80. The fourth-order valence-electron chi connectivity index (χ4n) is 3.77. The summed E-state index contributed by atoms with van der Waals surface area (Å²) in [4.78, 5) is 25.1. The smallest absolute Gasteiger partial charge is 0.311 e. The van der Waals surface area contributed by atoms with E-state index in [9.17, 15) is 37.4 Å². The van der Waals surface area contributed by atoms with Gasteiger partial charge in [0, 0.05) is 22.7 Å². The van der Waals surface area contributed by atoms with Crippen LogP contribution in [0.4, 0.5) is 17.6 Å². The lowest BCUT2D eigenvalue weighted by atomic mass is 9.88. The van der Waals surface area contributed by atoms with Gasteiger partial charge in [-0.1, -0.05) is 13.8 Å². The summed E-state index contributed by atoms with van der Waals surface area (Å²) >= 11 is 0. The van der Waals surface area contributed by atoms with E-state index in [1.807, 2.05) is 0 Å². The van der Waals surface area contributed by atoms with E-state index in [4.69, 9.17) is 0 Å². The number of phenols is 1. The number of fused-ring (bicyclic) bond motifs is 1. The SMILES string of the molecule is Cc1c([C@H](CC(C)C)C(=O)O)c2c(F)c(O)c(F)cc2n1C(=O)c1ccc(F)c(F)c1. The average molecular weight is 437 g/mol. The summed E-state index contributed by atoms with van der Waals surface area (Å²) in [6.07, 6.45) is 0.0756. The number of aliphatic carboxylic acids is 1. The first-order valence-corrected chi connectivity index (χ1v) is 9.40. The summed E-state index contributed by atoms with van der Waals surface area (Å²) in [6, 6.07) is 3.08. The van der Waals surface area contributed by atoms with Crippen molar-refractivity contribution >= 4 is 22.8 Å². The summed E-state index contributed by atoms with van der Waals surface area (Å²) in [5.41, 5.74) is -0.748. The number of aromatic nitrogens is 1. The van der Waals surface area contributed by atoms with Crippen molar-refractivity contribution in [3.8, 4) is 5.75 Å². The number of nitrogens with zero attached hydrogens (tertiary/aromatic N) is 1. The molecule has 0 unspecified atom stereocenters. The summed E-state index contributed by atoms with van der Waals surface area (Å²) in [6.45, 7) is 4.85. The van der Waals surface area contributed by atoms with Gasteiger partial charge in [0.25, 0.3) is 5.91 Å². The minimum absolute atomic E-state index is 0.0123. The largest absolute Gasteiger partial charge is 0.503 e. The van der Waals surface area contributed by atoms with Gasteiger partial charge < -0.3 is 10.2 Å². The highest BCUT2D eigenvalue weighted by atomic mass is 19.2. The Balaban J connectivity index is 2.39. The minimum Gasteiger partial charge on any atom is -0.503 e. The number of benzene rings is 2. The number of carbonyl (C=O) groups is 2. The molecule has 0 amide bonds. The molecule has 0 saturated heterocycles. The molecule has 0 bridgehead atoms. The van der Waals surface area contributed by atoms with Crippen LogP contribution in [0.2, 0.25) is 0 Å². The van der Waals surface area contributed by atoms with Crippen LogP contribution in [0.1, 0.15) is 47.8 Å². The fourth-order valence-corrected chi connectivity index (χ4v) is 3.77. The van der Waals surface area contributed by atoms with Gasteiger partial charge in [-0.2, -0.15) is 0 Å². The Morgan fingerprint density at radius 1 is 1.03 bits per heavy atom. The predicted octanol–water partition coefficient (Wildman–Crippen LogP) is 5.11. The zero-order valence-electron chi connectivity index (χ0n) is 16.8. The maximum Gasteiger partial charge on any atom is 0.311 e. The number of carboxylic acid groups (broad SMARTS) is 1. The monoisotopic (exact) mass is 437 g/mol. The molecule has 3 aromatic rings. The first-order valence-electron chi connectivity index (χ1n) is 9.40. The molecule has 0 radical (unpaired) electrons. The molecule has 1 heterocycles. The lowest BCUT2D eigenvalue weighted by Gasteiger charge is -2.16. The Bertz CT molecular complexity index is 1220. The van der Waals surface area contributed by atoms with E-state index in [0.717, 1.165) is 16.7 Å². The maximum absolute atomic E-state index is 14.9. The van der Waals surface area contributed by atoms with Gasteiger partial charge in [0.05, 0.1) is 11.4 Å². The van der Waals surface area contributed by atoms with Crippen molar-refractivity contribution in [2.75, 3.05) is 0 Å². The molecule has 0 spiro atoms. The van der Waals surface area contributed by atoms with Crippen LogP contribution < -0.4 is 0 Å². The molecule has 0 aliphatic carbocycles. The Morgan fingerprint density at radius 3 is 2.23 bits per heavy atom. The Morgan fingerprint density at radius 2 is 1.68 bits per heavy atom. The van der Waals surface area contributed by atoms with E-state index >= 15 is 0 Å². The molecule has 1 atom stereocenters. The minimum atomic E-state index is -1.40. The van der Waals surface area contributed by atoms with E-state index < -0.39 is 52.2 Å². The predicted molar refractivity (Wildman–Crippen MR) is 104 cm³/mol. The number of phenolic OH excluding ortho intramolecular Hbond substituents is 1. The van der Waals surface area contributed by atoms with Crippen molar-refractivity contribution in [1.82, 2.24) is 4.57 Å². The molecular formula is C22H19F4NO4. The number of hydrogen-bond donors (Lipinski definition) is 2. The van der Waals surface area contributed by atoms with Gasteiger partial charge in [0.2, 0.25) is 0 Å². The van der Waals surface area contributed by atoms with E-state index in [2.05, 4.69) is 0 Å². The number of carbonyl (C=O) groups excluding carboxylic acids is 1. The summed E-state index contributed by atoms with van der Waals surface area (Å²) in [5.74, 6) is -10.2. The molecular weight excluding hydrogens is 418 g/mol. The molecule has 0 saturated carbocycles. The molecule has 5 nitrogen and oxygen atoms in total. The molecule has 0 fully saturated rings. The average Bonchev–Trinajstić information content (AvgIpc) is 2.97. The van der Waals surface area contributed by atoms with Crippen LogP contribution in [0.15, 0.2) is 24.3 Å². The summed E-state index contributed by atoms with van der Waals surface area (Å²) < 4.78 is 56.9. The standard InChI is InChI=1S/C22H19F4NO4/c1-9(2)6-12(22(30)31)17-10(3)27(16-8-15(25)20(28)19(26)18(16)17)21(29)11-4-5-13(23)14(24)7-11/h4-5,7-9,12,28H,6H2,1-3H3,(H,30,31)/t12-/m0/s1. The molecule has 2 N–H and O–H groups in total. The zero-order valence-corrected chi connectivity index (χ0v) is 16.8. The van der Waals surface area contributed by atoms with Gasteiger partial charge in [-0.15, -0.1) is 0 Å². The van der Waals surface area contributed by atoms with E-state index in [1.165, 1.54) is 6.92 Å². The molecule has 31 heavy (non-hydrogen) atoms. The number of rotatable bonds is 5. The van der Waals surface area contributed by atoms with Crippen LogP contribution in [0, 0.1) is 36.1 Å². The highest BCUT2D eigenvalue weighted by Gasteiger charge is 2.33. The topological polar surface area (TPSA) is 79.5 Å². The lowest BCUT2D eigenvalue weighted by Crippen LogP contribution is -2.17. The lowest BCUT2D eigenvalue weighted by molar-refractivity contribution is -0.139. The van der Waals surface area contributed by atoms with Crippen molar-refractivity contribution < 1.29 is 37.4 Å². The number of aromatic hydroxyl groups is 1. The van der Waals surface area contributed by atoms with Crippen LogP contribution in [0.5, 0.6) is 5.75 Å². The van der Waals surface area contributed by atoms with Crippen LogP contribution in [0.25, 0.3) is 10.9 Å². The van der Waals surface area contributed by atoms with Gasteiger partial charge in [-0.25, -0.2) is 17.6 Å². The van der Waals surface area contributed by atoms with E-state index in [-0.39, 0.29) is 34.7 Å². The second kappa shape index (κ2) is 8.05. The van der Waals surface area contributed by atoms with Crippen LogP contribution >= 0.6 is 0 Å². The van der Waals surface area contributed by atoms with Gasteiger partial charge >= 0.3 is 5.97 Å². The van der Waals surface area contributed by atoms with Crippen molar-refractivity contribution in [1.29, 1.82) is 0 Å². The van der Waals surface area contributed by atoms with Crippen LogP contribution in [-0.4, -0.2) is 26.7 Å². The Labute approximate surface area is 174 Å². The second-order valence-corrected chi connectivity index (χ2v) is 7.70. The van der Waals surface area contributed by atoms with E-state index in [0.29, 0.717) is 12.1 Å². The van der Waals surface area contributed by atoms with Gasteiger partial charge in [-0.3, -0.25) is 14.2 Å². The molecule has 2 aromatic carbocycles. The highest BCUT2D eigenvalue weighted by Crippen LogP contribution is 2.40. The first kappa shape index (κ1) is 22.3. The van der Waals surface area contributed by atoms with Crippen LogP contribution in [-0.2, 0) is 4.79 Å². The van der Waals surface area contributed by atoms with Crippen LogP contribution in [0.3, 0.4) is 0 Å².